The van der Waals surface area contributed by atoms with Crippen molar-refractivity contribution in [2.45, 2.75) is 6.92 Å². The zero-order valence-corrected chi connectivity index (χ0v) is 16.8. The SMILES string of the molecule is CCN1C(=O)/C(=C\C=C\c2ccccc2[N+](=O)[O-])SC1=Nc1ccc(OC)cc1. The van der Waals surface area contributed by atoms with Crippen LogP contribution < -0.4 is 4.74 Å². The fourth-order valence-electron chi connectivity index (χ4n) is 2.69. The van der Waals surface area contributed by atoms with Gasteiger partial charge in [-0.05, 0) is 61.2 Å². The summed E-state index contributed by atoms with van der Waals surface area (Å²) in [4.78, 5) is 30.0. The highest BCUT2D eigenvalue weighted by Gasteiger charge is 2.31. The lowest BCUT2D eigenvalue weighted by Gasteiger charge is -2.12. The lowest BCUT2D eigenvalue weighted by molar-refractivity contribution is -0.385. The monoisotopic (exact) mass is 409 g/mol. The smallest absolute Gasteiger partial charge is 0.276 e. The fourth-order valence-corrected chi connectivity index (χ4v) is 3.70. The molecule has 0 N–H and O–H groups in total. The van der Waals surface area contributed by atoms with Gasteiger partial charge in [0.1, 0.15) is 5.75 Å². The zero-order valence-electron chi connectivity index (χ0n) is 15.9. The number of benzene rings is 2. The Morgan fingerprint density at radius 1 is 1.21 bits per heavy atom. The molecule has 1 aliphatic heterocycles. The van der Waals surface area contributed by atoms with Crippen molar-refractivity contribution in [2.24, 2.45) is 4.99 Å². The van der Waals surface area contributed by atoms with Crippen molar-refractivity contribution >= 4 is 40.3 Å². The van der Waals surface area contributed by atoms with Crippen molar-refractivity contribution in [1.29, 1.82) is 0 Å². The number of amidine groups is 1. The van der Waals surface area contributed by atoms with E-state index in [2.05, 4.69) is 4.99 Å². The minimum atomic E-state index is -0.430. The van der Waals surface area contributed by atoms with Crippen LogP contribution in [0.5, 0.6) is 5.75 Å². The maximum atomic E-state index is 12.6. The number of nitro groups is 1. The molecule has 3 rings (SSSR count). The molecule has 0 aliphatic carbocycles. The van der Waals surface area contributed by atoms with Gasteiger partial charge in [-0.3, -0.25) is 19.8 Å². The minimum Gasteiger partial charge on any atom is -0.497 e. The van der Waals surface area contributed by atoms with Crippen LogP contribution in [0, 0.1) is 10.1 Å². The van der Waals surface area contributed by atoms with Gasteiger partial charge in [0.15, 0.2) is 5.17 Å². The van der Waals surface area contributed by atoms with E-state index in [0.29, 0.717) is 22.2 Å². The number of hydrogen-bond acceptors (Lipinski definition) is 6. The van der Waals surface area contributed by atoms with Crippen molar-refractivity contribution in [2.75, 3.05) is 13.7 Å². The van der Waals surface area contributed by atoms with Crippen molar-refractivity contribution in [3.63, 3.8) is 0 Å². The van der Waals surface area contributed by atoms with E-state index < -0.39 is 4.92 Å². The molecule has 2 aromatic rings. The third-order valence-corrected chi connectivity index (χ3v) is 5.18. The topological polar surface area (TPSA) is 85.0 Å². The molecule has 1 saturated heterocycles. The van der Waals surface area contributed by atoms with Crippen LogP contribution in [0.1, 0.15) is 12.5 Å². The molecule has 0 radical (unpaired) electrons. The molecule has 1 fully saturated rings. The van der Waals surface area contributed by atoms with Gasteiger partial charge in [-0.2, -0.15) is 0 Å². The largest absolute Gasteiger partial charge is 0.497 e. The quantitative estimate of drug-likeness (QED) is 0.389. The predicted molar refractivity (Wildman–Crippen MR) is 115 cm³/mol. The third kappa shape index (κ3) is 4.72. The van der Waals surface area contributed by atoms with E-state index in [-0.39, 0.29) is 11.6 Å². The Labute approximate surface area is 172 Å². The molecule has 8 heteroatoms. The molecular weight excluding hydrogens is 390 g/mol. The molecule has 1 amide bonds. The molecule has 7 nitrogen and oxygen atoms in total. The second kappa shape index (κ2) is 9.20. The predicted octanol–water partition coefficient (Wildman–Crippen LogP) is 4.78. The number of ether oxygens (including phenoxy) is 1. The van der Waals surface area contributed by atoms with Crippen molar-refractivity contribution in [3.8, 4) is 5.75 Å². The molecule has 1 aliphatic rings. The van der Waals surface area contributed by atoms with Crippen LogP contribution in [0.3, 0.4) is 0 Å². The molecule has 0 atom stereocenters. The summed E-state index contributed by atoms with van der Waals surface area (Å²) in [6.07, 6.45) is 4.92. The van der Waals surface area contributed by atoms with E-state index in [1.807, 2.05) is 31.2 Å². The highest BCUT2D eigenvalue weighted by atomic mass is 32.2. The number of methoxy groups -OCH3 is 1. The second-order valence-corrected chi connectivity index (χ2v) is 6.96. The van der Waals surface area contributed by atoms with E-state index >= 15 is 0 Å². The molecule has 0 spiro atoms. The first-order valence-corrected chi connectivity index (χ1v) is 9.69. The summed E-state index contributed by atoms with van der Waals surface area (Å²) in [5, 5.41) is 11.7. The molecule has 0 saturated carbocycles. The average molecular weight is 409 g/mol. The van der Waals surface area contributed by atoms with Gasteiger partial charge in [0.25, 0.3) is 11.6 Å². The van der Waals surface area contributed by atoms with Gasteiger partial charge < -0.3 is 4.74 Å². The van der Waals surface area contributed by atoms with Crippen LogP contribution in [0.4, 0.5) is 11.4 Å². The Kier molecular flexibility index (Phi) is 6.46. The number of para-hydroxylation sites is 1. The molecule has 0 unspecified atom stereocenters. The van der Waals surface area contributed by atoms with E-state index in [4.69, 9.17) is 4.74 Å². The highest BCUT2D eigenvalue weighted by Crippen LogP contribution is 2.33. The normalized spacial score (nSPS) is 16.9. The molecule has 148 valence electrons. The van der Waals surface area contributed by atoms with Crippen LogP contribution in [0.2, 0.25) is 0 Å². The lowest BCUT2D eigenvalue weighted by atomic mass is 10.1. The first-order valence-electron chi connectivity index (χ1n) is 8.87. The van der Waals surface area contributed by atoms with Crippen LogP contribution in [0.25, 0.3) is 6.08 Å². The van der Waals surface area contributed by atoms with Gasteiger partial charge in [-0.1, -0.05) is 18.2 Å². The number of nitro benzene ring substituents is 1. The molecular formula is C21H19N3O4S. The number of thioether (sulfide) groups is 1. The summed E-state index contributed by atoms with van der Waals surface area (Å²) in [6.45, 7) is 2.38. The van der Waals surface area contributed by atoms with E-state index in [0.717, 1.165) is 11.4 Å². The number of aliphatic imine (C=N–C) groups is 1. The van der Waals surface area contributed by atoms with Gasteiger partial charge in [0, 0.05) is 12.6 Å². The molecule has 2 aromatic carbocycles. The lowest BCUT2D eigenvalue weighted by Crippen LogP contribution is -2.28. The van der Waals surface area contributed by atoms with Gasteiger partial charge in [-0.15, -0.1) is 0 Å². The highest BCUT2D eigenvalue weighted by molar-refractivity contribution is 8.18. The minimum absolute atomic E-state index is 0.0180. The number of likely N-dealkylation sites (N-methyl/N-ethyl adjacent to an activating group) is 1. The number of hydrogen-bond donors (Lipinski definition) is 0. The van der Waals surface area contributed by atoms with E-state index in [9.17, 15) is 14.9 Å². The maximum Gasteiger partial charge on any atom is 0.276 e. The Morgan fingerprint density at radius 2 is 1.93 bits per heavy atom. The maximum absolute atomic E-state index is 12.6. The third-order valence-electron chi connectivity index (χ3n) is 4.16. The van der Waals surface area contributed by atoms with E-state index in [1.165, 1.54) is 17.8 Å². The summed E-state index contributed by atoms with van der Waals surface area (Å²) < 4.78 is 5.14. The Hall–Kier alpha value is -3.39. The second-order valence-electron chi connectivity index (χ2n) is 5.95. The van der Waals surface area contributed by atoms with Crippen LogP contribution in [-0.2, 0) is 4.79 Å². The fraction of sp³-hybridized carbons (Fsp3) is 0.143. The molecule has 0 aromatic heterocycles. The summed E-state index contributed by atoms with van der Waals surface area (Å²) in [7, 11) is 1.60. The first kappa shape index (κ1) is 20.3. The zero-order chi connectivity index (χ0) is 20.8. The summed E-state index contributed by atoms with van der Waals surface area (Å²) >= 11 is 1.27. The Balaban J connectivity index is 1.83. The van der Waals surface area contributed by atoms with Crippen LogP contribution in [0.15, 0.2) is 70.6 Å². The number of amides is 1. The number of carbonyl (C=O) groups excluding carboxylic acids is 1. The van der Waals surface area contributed by atoms with Gasteiger partial charge in [-0.25, -0.2) is 4.99 Å². The number of allylic oxidation sites excluding steroid dienone is 2. The van der Waals surface area contributed by atoms with Gasteiger partial charge >= 0.3 is 0 Å². The van der Waals surface area contributed by atoms with Crippen molar-refractivity contribution in [1.82, 2.24) is 4.90 Å². The standard InChI is InChI=1S/C21H19N3O4S/c1-3-23-20(25)19(10-6-8-15-7-4-5-9-18(15)24(26)27)29-21(23)22-16-11-13-17(28-2)14-12-16/h4-14H,3H2,1-2H3/b8-6+,19-10+,22-21?. The van der Waals surface area contributed by atoms with Crippen molar-refractivity contribution in [3.05, 3.63) is 81.3 Å². The van der Waals surface area contributed by atoms with Crippen LogP contribution >= 0.6 is 11.8 Å². The Bertz CT molecular complexity index is 1010. The molecule has 29 heavy (non-hydrogen) atoms. The van der Waals surface area contributed by atoms with Crippen molar-refractivity contribution < 1.29 is 14.5 Å². The van der Waals surface area contributed by atoms with E-state index in [1.54, 1.807) is 48.4 Å². The van der Waals surface area contributed by atoms with Gasteiger partial charge in [0.05, 0.1) is 28.2 Å². The van der Waals surface area contributed by atoms with Gasteiger partial charge in [0.2, 0.25) is 0 Å². The number of rotatable bonds is 6. The summed E-state index contributed by atoms with van der Waals surface area (Å²) in [5.74, 6) is 0.592. The van der Waals surface area contributed by atoms with Crippen LogP contribution in [-0.4, -0.2) is 34.6 Å². The number of carbonyl (C=O) groups is 1. The number of nitrogens with zero attached hydrogens (tertiary/aromatic N) is 3. The average Bonchev–Trinajstić information content (AvgIpc) is 3.03. The molecule has 0 bridgehead atoms. The summed E-state index contributed by atoms with van der Waals surface area (Å²) in [6, 6.07) is 13.7. The summed E-state index contributed by atoms with van der Waals surface area (Å²) in [5.41, 5.74) is 1.21. The first-order chi connectivity index (χ1) is 14.0. The Morgan fingerprint density at radius 3 is 2.59 bits per heavy atom. The molecule has 1 heterocycles.